The fourth-order valence-corrected chi connectivity index (χ4v) is 2.58. The summed E-state index contributed by atoms with van der Waals surface area (Å²) >= 11 is 0. The third-order valence-electron chi connectivity index (χ3n) is 3.82. The van der Waals surface area contributed by atoms with Gasteiger partial charge in [0.2, 0.25) is 0 Å². The molecule has 3 nitrogen and oxygen atoms in total. The molecule has 0 amide bonds. The average Bonchev–Trinajstić information content (AvgIpc) is 2.20. The third kappa shape index (κ3) is 3.78. The Morgan fingerprint density at radius 2 is 2.00 bits per heavy atom. The van der Waals surface area contributed by atoms with Gasteiger partial charge in [-0.1, -0.05) is 40.0 Å². The first kappa shape index (κ1) is 13.5. The van der Waals surface area contributed by atoms with Gasteiger partial charge in [0, 0.05) is 0 Å². The Bertz CT molecular complexity index is 228. The van der Waals surface area contributed by atoms with E-state index in [2.05, 4.69) is 12.2 Å². The molecule has 1 aliphatic carbocycles. The highest BCUT2D eigenvalue weighted by molar-refractivity contribution is 5.73. The molecule has 1 saturated carbocycles. The maximum atomic E-state index is 11.0. The molecule has 0 bridgehead atoms. The highest BCUT2D eigenvalue weighted by Crippen LogP contribution is 2.29. The van der Waals surface area contributed by atoms with Gasteiger partial charge < -0.3 is 10.4 Å². The minimum absolute atomic E-state index is 0.149. The van der Waals surface area contributed by atoms with Crippen LogP contribution in [0.2, 0.25) is 0 Å². The van der Waals surface area contributed by atoms with Crippen LogP contribution in [0.1, 0.15) is 46.5 Å². The second-order valence-electron chi connectivity index (χ2n) is 5.49. The SMILES string of the molecule is CC(C)C(NCC1CCCCC1C)C(=O)O. The molecule has 0 spiro atoms. The zero-order chi connectivity index (χ0) is 12.1. The van der Waals surface area contributed by atoms with Gasteiger partial charge in [0.25, 0.3) is 0 Å². The number of hydrogen-bond donors (Lipinski definition) is 2. The lowest BCUT2D eigenvalue weighted by atomic mass is 9.80. The molecule has 0 aromatic carbocycles. The highest BCUT2D eigenvalue weighted by Gasteiger charge is 2.25. The van der Waals surface area contributed by atoms with Crippen LogP contribution in [-0.4, -0.2) is 23.7 Å². The average molecular weight is 227 g/mol. The van der Waals surface area contributed by atoms with E-state index < -0.39 is 12.0 Å². The van der Waals surface area contributed by atoms with Crippen molar-refractivity contribution in [3.05, 3.63) is 0 Å². The van der Waals surface area contributed by atoms with Gasteiger partial charge in [0.05, 0.1) is 0 Å². The van der Waals surface area contributed by atoms with Crippen molar-refractivity contribution in [3.8, 4) is 0 Å². The van der Waals surface area contributed by atoms with Crippen molar-refractivity contribution in [1.29, 1.82) is 0 Å². The van der Waals surface area contributed by atoms with Gasteiger partial charge in [-0.3, -0.25) is 4.79 Å². The maximum Gasteiger partial charge on any atom is 0.320 e. The molecule has 16 heavy (non-hydrogen) atoms. The van der Waals surface area contributed by atoms with E-state index in [1.54, 1.807) is 0 Å². The lowest BCUT2D eigenvalue weighted by molar-refractivity contribution is -0.140. The van der Waals surface area contributed by atoms with Crippen molar-refractivity contribution in [2.24, 2.45) is 17.8 Å². The fourth-order valence-electron chi connectivity index (χ4n) is 2.58. The molecule has 1 rings (SSSR count). The van der Waals surface area contributed by atoms with Gasteiger partial charge in [-0.25, -0.2) is 0 Å². The van der Waals surface area contributed by atoms with E-state index >= 15 is 0 Å². The molecule has 0 aliphatic heterocycles. The molecule has 0 aromatic heterocycles. The molecular formula is C13H25NO2. The lowest BCUT2D eigenvalue weighted by Gasteiger charge is -2.30. The minimum Gasteiger partial charge on any atom is -0.480 e. The summed E-state index contributed by atoms with van der Waals surface area (Å²) in [5.41, 5.74) is 0. The van der Waals surface area contributed by atoms with Crippen molar-refractivity contribution in [2.45, 2.75) is 52.5 Å². The van der Waals surface area contributed by atoms with Gasteiger partial charge in [0.1, 0.15) is 6.04 Å². The second-order valence-corrected chi connectivity index (χ2v) is 5.49. The Balaban J connectivity index is 2.39. The van der Waals surface area contributed by atoms with Crippen LogP contribution in [0.15, 0.2) is 0 Å². The molecule has 3 heteroatoms. The van der Waals surface area contributed by atoms with Crippen molar-refractivity contribution in [2.75, 3.05) is 6.54 Å². The second kappa shape index (κ2) is 6.24. The van der Waals surface area contributed by atoms with E-state index in [0.717, 1.165) is 12.5 Å². The first-order valence-electron chi connectivity index (χ1n) is 6.48. The van der Waals surface area contributed by atoms with Crippen molar-refractivity contribution < 1.29 is 9.90 Å². The van der Waals surface area contributed by atoms with Crippen molar-refractivity contribution >= 4 is 5.97 Å². The van der Waals surface area contributed by atoms with Crippen molar-refractivity contribution in [1.82, 2.24) is 5.32 Å². The smallest absolute Gasteiger partial charge is 0.320 e. The third-order valence-corrected chi connectivity index (χ3v) is 3.82. The summed E-state index contributed by atoms with van der Waals surface area (Å²) in [6.07, 6.45) is 5.19. The number of nitrogens with one attached hydrogen (secondary N) is 1. The number of hydrogen-bond acceptors (Lipinski definition) is 2. The monoisotopic (exact) mass is 227 g/mol. The molecule has 1 aliphatic rings. The summed E-state index contributed by atoms with van der Waals surface area (Å²) in [5, 5.41) is 12.3. The number of carbonyl (C=O) groups is 1. The van der Waals surface area contributed by atoms with Crippen LogP contribution in [0.3, 0.4) is 0 Å². The zero-order valence-corrected chi connectivity index (χ0v) is 10.7. The van der Waals surface area contributed by atoms with Gasteiger partial charge in [-0.15, -0.1) is 0 Å². The molecule has 0 aromatic rings. The predicted octanol–water partition coefficient (Wildman–Crippen LogP) is 2.51. The number of carboxylic acid groups (broad SMARTS) is 1. The normalized spacial score (nSPS) is 28.0. The summed E-state index contributed by atoms with van der Waals surface area (Å²) < 4.78 is 0. The van der Waals surface area contributed by atoms with Crippen LogP contribution in [0.25, 0.3) is 0 Å². The number of aliphatic carboxylic acids is 1. The Hall–Kier alpha value is -0.570. The van der Waals surface area contributed by atoms with Crippen LogP contribution in [0.5, 0.6) is 0 Å². The molecule has 94 valence electrons. The van der Waals surface area contributed by atoms with Gasteiger partial charge in [-0.05, 0) is 30.7 Å². The van der Waals surface area contributed by atoms with E-state index in [1.807, 2.05) is 13.8 Å². The van der Waals surface area contributed by atoms with E-state index in [-0.39, 0.29) is 5.92 Å². The van der Waals surface area contributed by atoms with Crippen LogP contribution >= 0.6 is 0 Å². The molecule has 1 fully saturated rings. The van der Waals surface area contributed by atoms with Crippen LogP contribution in [-0.2, 0) is 4.79 Å². The summed E-state index contributed by atoms with van der Waals surface area (Å²) in [5.74, 6) is 0.826. The van der Waals surface area contributed by atoms with Crippen LogP contribution in [0, 0.1) is 17.8 Å². The maximum absolute atomic E-state index is 11.0. The predicted molar refractivity (Wildman–Crippen MR) is 65.4 cm³/mol. The molecule has 3 unspecified atom stereocenters. The molecule has 2 N–H and O–H groups in total. The largest absolute Gasteiger partial charge is 0.480 e. The topological polar surface area (TPSA) is 49.3 Å². The van der Waals surface area contributed by atoms with Crippen LogP contribution < -0.4 is 5.32 Å². The van der Waals surface area contributed by atoms with E-state index in [1.165, 1.54) is 25.7 Å². The first-order chi connectivity index (χ1) is 7.52. The van der Waals surface area contributed by atoms with E-state index in [9.17, 15) is 4.79 Å². The van der Waals surface area contributed by atoms with Gasteiger partial charge in [-0.2, -0.15) is 0 Å². The molecule has 0 saturated heterocycles. The highest BCUT2D eigenvalue weighted by atomic mass is 16.4. The number of carboxylic acids is 1. The fraction of sp³-hybridized carbons (Fsp3) is 0.923. The summed E-state index contributed by atoms with van der Waals surface area (Å²) in [7, 11) is 0. The lowest BCUT2D eigenvalue weighted by Crippen LogP contribution is -2.44. The minimum atomic E-state index is -0.724. The Morgan fingerprint density at radius 3 is 2.50 bits per heavy atom. The van der Waals surface area contributed by atoms with Gasteiger partial charge in [0.15, 0.2) is 0 Å². The molecule has 0 heterocycles. The van der Waals surface area contributed by atoms with Crippen LogP contribution in [0.4, 0.5) is 0 Å². The Morgan fingerprint density at radius 1 is 1.38 bits per heavy atom. The quantitative estimate of drug-likeness (QED) is 0.758. The molecule has 0 radical (unpaired) electrons. The van der Waals surface area contributed by atoms with E-state index in [4.69, 9.17) is 5.11 Å². The molecular weight excluding hydrogens is 202 g/mol. The molecule has 3 atom stereocenters. The zero-order valence-electron chi connectivity index (χ0n) is 10.7. The van der Waals surface area contributed by atoms with E-state index in [0.29, 0.717) is 5.92 Å². The standard InChI is InChI=1S/C13H25NO2/c1-9(2)12(13(15)16)14-8-11-7-5-4-6-10(11)3/h9-12,14H,4-8H2,1-3H3,(H,15,16). The Kier molecular flexibility index (Phi) is 5.26. The van der Waals surface area contributed by atoms with Gasteiger partial charge >= 0.3 is 5.97 Å². The summed E-state index contributed by atoms with van der Waals surface area (Å²) in [6.45, 7) is 7.05. The first-order valence-corrected chi connectivity index (χ1v) is 6.48. The summed E-state index contributed by atoms with van der Waals surface area (Å²) in [4.78, 5) is 11.0. The number of rotatable bonds is 5. The Labute approximate surface area is 98.6 Å². The summed E-state index contributed by atoms with van der Waals surface area (Å²) in [6, 6.07) is -0.394. The van der Waals surface area contributed by atoms with Crippen molar-refractivity contribution in [3.63, 3.8) is 0 Å².